The highest BCUT2D eigenvalue weighted by atomic mass is 32.2. The first kappa shape index (κ1) is 10.2. The lowest BCUT2D eigenvalue weighted by Gasteiger charge is -2.12. The van der Waals surface area contributed by atoms with Crippen molar-refractivity contribution in [1.82, 2.24) is 0 Å². The van der Waals surface area contributed by atoms with Crippen LogP contribution in [0.1, 0.15) is 17.9 Å². The van der Waals surface area contributed by atoms with E-state index in [9.17, 15) is 10.0 Å². The van der Waals surface area contributed by atoms with Gasteiger partial charge in [-0.3, -0.25) is 0 Å². The standard InChI is InChI=1S/C12H11BO2S/c14-13(15)10-6-3-5-9-8-4-1-2-7-11(8)16-12(9)10/h1-3,5-8,14-15H,4H2. The molecule has 1 heterocycles. The Morgan fingerprint density at radius 1 is 1.31 bits per heavy atom. The highest BCUT2D eigenvalue weighted by Crippen LogP contribution is 2.50. The summed E-state index contributed by atoms with van der Waals surface area (Å²) in [5.41, 5.74) is 1.85. The van der Waals surface area contributed by atoms with Crippen molar-refractivity contribution >= 4 is 24.3 Å². The third-order valence-corrected chi connectivity index (χ3v) is 4.39. The van der Waals surface area contributed by atoms with Crippen LogP contribution in [-0.2, 0) is 0 Å². The smallest absolute Gasteiger partial charge is 0.423 e. The van der Waals surface area contributed by atoms with Gasteiger partial charge >= 0.3 is 7.12 Å². The van der Waals surface area contributed by atoms with Gasteiger partial charge in [-0.15, -0.1) is 0 Å². The van der Waals surface area contributed by atoms with E-state index in [4.69, 9.17) is 0 Å². The van der Waals surface area contributed by atoms with Crippen molar-refractivity contribution in [3.63, 3.8) is 0 Å². The fourth-order valence-electron chi connectivity index (χ4n) is 2.28. The molecular weight excluding hydrogens is 219 g/mol. The van der Waals surface area contributed by atoms with E-state index in [1.54, 1.807) is 17.8 Å². The molecule has 1 aromatic carbocycles. The number of hydrogen-bond acceptors (Lipinski definition) is 3. The van der Waals surface area contributed by atoms with Crippen molar-refractivity contribution in [3.05, 3.63) is 46.9 Å². The molecule has 1 atom stereocenters. The van der Waals surface area contributed by atoms with E-state index < -0.39 is 7.12 Å². The van der Waals surface area contributed by atoms with E-state index in [0.29, 0.717) is 11.4 Å². The fourth-order valence-corrected chi connectivity index (χ4v) is 3.65. The molecule has 0 radical (unpaired) electrons. The Morgan fingerprint density at radius 2 is 2.19 bits per heavy atom. The molecule has 3 rings (SSSR count). The largest absolute Gasteiger partial charge is 0.489 e. The molecule has 1 unspecified atom stereocenters. The number of thioether (sulfide) groups is 1. The van der Waals surface area contributed by atoms with Crippen molar-refractivity contribution in [2.45, 2.75) is 17.2 Å². The maximum atomic E-state index is 9.33. The van der Waals surface area contributed by atoms with Gasteiger partial charge in [-0.05, 0) is 22.4 Å². The summed E-state index contributed by atoms with van der Waals surface area (Å²) in [5.74, 6) is 0.420. The van der Waals surface area contributed by atoms with Crippen LogP contribution < -0.4 is 5.46 Å². The lowest BCUT2D eigenvalue weighted by molar-refractivity contribution is 0.425. The number of fused-ring (bicyclic) bond motifs is 3. The molecule has 1 aliphatic heterocycles. The molecule has 80 valence electrons. The van der Waals surface area contributed by atoms with Crippen LogP contribution in [0, 0.1) is 0 Å². The Kier molecular flexibility index (Phi) is 2.43. The molecular formula is C12H11BO2S. The van der Waals surface area contributed by atoms with E-state index in [1.165, 1.54) is 10.5 Å². The second-order valence-corrected chi connectivity index (χ2v) is 5.11. The van der Waals surface area contributed by atoms with Crippen LogP contribution in [-0.4, -0.2) is 17.2 Å². The van der Waals surface area contributed by atoms with Gasteiger partial charge in [0.2, 0.25) is 0 Å². The maximum absolute atomic E-state index is 9.33. The van der Waals surface area contributed by atoms with Crippen molar-refractivity contribution < 1.29 is 10.0 Å². The lowest BCUT2D eigenvalue weighted by Crippen LogP contribution is -2.31. The SMILES string of the molecule is OB(O)c1cccc2c1SC1=CC=CCC12. The first-order valence-corrected chi connectivity index (χ1v) is 6.12. The van der Waals surface area contributed by atoms with Crippen molar-refractivity contribution in [3.8, 4) is 0 Å². The monoisotopic (exact) mass is 230 g/mol. The van der Waals surface area contributed by atoms with E-state index in [-0.39, 0.29) is 0 Å². The predicted octanol–water partition coefficient (Wildman–Crippen LogP) is 1.40. The molecule has 16 heavy (non-hydrogen) atoms. The summed E-state index contributed by atoms with van der Waals surface area (Å²) in [7, 11) is -1.38. The zero-order valence-electron chi connectivity index (χ0n) is 8.63. The Balaban J connectivity index is 2.12. The van der Waals surface area contributed by atoms with Gasteiger partial charge < -0.3 is 10.0 Å². The van der Waals surface area contributed by atoms with Gasteiger partial charge in [0.15, 0.2) is 0 Å². The van der Waals surface area contributed by atoms with E-state index >= 15 is 0 Å². The molecule has 2 nitrogen and oxygen atoms in total. The number of hydrogen-bond donors (Lipinski definition) is 2. The summed E-state index contributed by atoms with van der Waals surface area (Å²) < 4.78 is 0. The van der Waals surface area contributed by atoms with Crippen LogP contribution in [0.4, 0.5) is 0 Å². The minimum absolute atomic E-state index is 0.420. The number of benzene rings is 1. The van der Waals surface area contributed by atoms with Crippen LogP contribution in [0.5, 0.6) is 0 Å². The highest BCUT2D eigenvalue weighted by Gasteiger charge is 2.32. The summed E-state index contributed by atoms with van der Waals surface area (Å²) in [6.07, 6.45) is 7.36. The van der Waals surface area contributed by atoms with Crippen LogP contribution in [0.25, 0.3) is 0 Å². The Morgan fingerprint density at radius 3 is 3.00 bits per heavy atom. The van der Waals surface area contributed by atoms with E-state index in [1.807, 2.05) is 6.07 Å². The molecule has 0 saturated carbocycles. The Bertz CT molecular complexity index is 494. The Hall–Kier alpha value is -0.965. The average molecular weight is 230 g/mol. The summed E-state index contributed by atoms with van der Waals surface area (Å²) in [6, 6.07) is 5.76. The van der Waals surface area contributed by atoms with Crippen LogP contribution >= 0.6 is 11.8 Å². The molecule has 0 spiro atoms. The first-order valence-electron chi connectivity index (χ1n) is 5.31. The van der Waals surface area contributed by atoms with Gasteiger partial charge in [-0.2, -0.15) is 0 Å². The molecule has 0 bridgehead atoms. The zero-order chi connectivity index (χ0) is 11.1. The molecule has 4 heteroatoms. The van der Waals surface area contributed by atoms with Gasteiger partial charge in [-0.25, -0.2) is 0 Å². The molecule has 0 saturated heterocycles. The van der Waals surface area contributed by atoms with Gasteiger partial charge in [-0.1, -0.05) is 48.2 Å². The summed E-state index contributed by atoms with van der Waals surface area (Å²) in [5, 5.41) is 18.7. The maximum Gasteiger partial charge on any atom is 0.489 e. The van der Waals surface area contributed by atoms with Crippen LogP contribution in [0.2, 0.25) is 0 Å². The van der Waals surface area contributed by atoms with Gasteiger partial charge in [0.05, 0.1) is 0 Å². The third-order valence-electron chi connectivity index (χ3n) is 3.06. The van der Waals surface area contributed by atoms with E-state index in [0.717, 1.165) is 11.3 Å². The summed E-state index contributed by atoms with van der Waals surface area (Å²) >= 11 is 1.66. The van der Waals surface area contributed by atoms with Gasteiger partial charge in [0.1, 0.15) is 0 Å². The van der Waals surface area contributed by atoms with E-state index in [2.05, 4.69) is 24.3 Å². The van der Waals surface area contributed by atoms with Crippen molar-refractivity contribution in [2.75, 3.05) is 0 Å². The minimum Gasteiger partial charge on any atom is -0.423 e. The molecule has 0 aromatic heterocycles. The molecule has 2 aliphatic rings. The normalized spacial score (nSPS) is 21.4. The molecule has 1 aromatic rings. The molecule has 1 aliphatic carbocycles. The Labute approximate surface area is 98.8 Å². The van der Waals surface area contributed by atoms with Gasteiger partial charge in [0, 0.05) is 10.8 Å². The second kappa shape index (κ2) is 3.80. The predicted molar refractivity (Wildman–Crippen MR) is 66.7 cm³/mol. The molecule has 0 fully saturated rings. The summed E-state index contributed by atoms with van der Waals surface area (Å²) in [4.78, 5) is 2.34. The van der Waals surface area contributed by atoms with Crippen LogP contribution in [0.15, 0.2) is 46.2 Å². The fraction of sp³-hybridized carbons (Fsp3) is 0.167. The zero-order valence-corrected chi connectivity index (χ0v) is 9.45. The third kappa shape index (κ3) is 1.45. The minimum atomic E-state index is -1.38. The first-order chi connectivity index (χ1) is 7.77. The average Bonchev–Trinajstić information content (AvgIpc) is 2.67. The lowest BCUT2D eigenvalue weighted by atomic mass is 9.78. The molecule has 2 N–H and O–H groups in total. The highest BCUT2D eigenvalue weighted by molar-refractivity contribution is 8.03. The van der Waals surface area contributed by atoms with Gasteiger partial charge in [0.25, 0.3) is 0 Å². The van der Waals surface area contributed by atoms with Crippen molar-refractivity contribution in [1.29, 1.82) is 0 Å². The molecule has 0 amide bonds. The van der Waals surface area contributed by atoms with Crippen molar-refractivity contribution in [2.24, 2.45) is 0 Å². The topological polar surface area (TPSA) is 40.5 Å². The van der Waals surface area contributed by atoms with Crippen LogP contribution in [0.3, 0.4) is 0 Å². The quantitative estimate of drug-likeness (QED) is 0.716. The second-order valence-electron chi connectivity index (χ2n) is 4.03. The number of rotatable bonds is 1. The summed E-state index contributed by atoms with van der Waals surface area (Å²) in [6.45, 7) is 0. The number of allylic oxidation sites excluding steroid dienone is 4.